The van der Waals surface area contributed by atoms with E-state index >= 15 is 0 Å². The van der Waals surface area contributed by atoms with E-state index in [1.807, 2.05) is 24.3 Å². The van der Waals surface area contributed by atoms with E-state index in [4.69, 9.17) is 30.4 Å². The van der Waals surface area contributed by atoms with E-state index in [-0.39, 0.29) is 5.78 Å². The number of hydrogen-bond donors (Lipinski definition) is 2. The molecule has 0 aliphatic heterocycles. The first-order valence-electron chi connectivity index (χ1n) is 12.1. The van der Waals surface area contributed by atoms with Gasteiger partial charge in [0.1, 0.15) is 29.3 Å². The summed E-state index contributed by atoms with van der Waals surface area (Å²) in [4.78, 5) is 22.1. The number of aldehydes is 1. The summed E-state index contributed by atoms with van der Waals surface area (Å²) in [6, 6.07) is 18.1. The minimum atomic E-state index is 0.0334. The van der Waals surface area contributed by atoms with Gasteiger partial charge >= 0.3 is 0 Å². The van der Waals surface area contributed by atoms with Crippen molar-refractivity contribution in [3.8, 4) is 34.5 Å². The van der Waals surface area contributed by atoms with E-state index in [0.717, 1.165) is 31.9 Å². The van der Waals surface area contributed by atoms with Crippen LogP contribution in [0.2, 0.25) is 0 Å². The van der Waals surface area contributed by atoms with Crippen LogP contribution < -0.4 is 30.4 Å². The van der Waals surface area contributed by atoms with Crippen LogP contribution in [0, 0.1) is 14.3 Å². The third-order valence-electron chi connectivity index (χ3n) is 5.62. The second-order valence-electron chi connectivity index (χ2n) is 8.60. The average Bonchev–Trinajstić information content (AvgIpc) is 2.93. The topological polar surface area (TPSA) is 123 Å². The van der Waals surface area contributed by atoms with Crippen molar-refractivity contribution in [3.63, 3.8) is 0 Å². The van der Waals surface area contributed by atoms with Crippen LogP contribution in [0.15, 0.2) is 60.7 Å². The van der Waals surface area contributed by atoms with Gasteiger partial charge in [0, 0.05) is 24.1 Å². The quantitative estimate of drug-likeness (QED) is 0.0742. The number of carbonyl (C=O) groups excluding carboxylic acids is 2. The molecule has 0 spiro atoms. The Hall–Kier alpha value is -2.06. The number of rotatable bonds is 9. The second kappa shape index (κ2) is 16.1. The van der Waals surface area contributed by atoms with Gasteiger partial charge in [-0.25, -0.2) is 0 Å². The molecular formula is C30H26I4N2O6. The Morgan fingerprint density at radius 3 is 1.45 bits per heavy atom. The van der Waals surface area contributed by atoms with Crippen LogP contribution in [-0.2, 0) is 11.2 Å². The molecule has 0 aliphatic carbocycles. The van der Waals surface area contributed by atoms with E-state index in [1.54, 1.807) is 57.5 Å². The maximum atomic E-state index is 11.5. The molecule has 0 aliphatic rings. The van der Waals surface area contributed by atoms with Gasteiger partial charge in [0.15, 0.2) is 17.3 Å². The van der Waals surface area contributed by atoms with E-state index in [9.17, 15) is 9.59 Å². The van der Waals surface area contributed by atoms with Gasteiger partial charge in [0.05, 0.1) is 39.9 Å². The largest absolute Gasteiger partial charge is 0.495 e. The summed E-state index contributed by atoms with van der Waals surface area (Å²) >= 11 is 8.71. The molecule has 4 aromatic carbocycles. The lowest BCUT2D eigenvalue weighted by atomic mass is 10.1. The van der Waals surface area contributed by atoms with Crippen LogP contribution in [0.4, 0.5) is 11.4 Å². The standard InChI is InChI=1S/2C15H13I2NO3/c1-8(19)9-5-11(16)15(12(17)6-9)21-10-3-4-14(20-2)13(18)7-10;1-20-14-3-2-10(8-13(14)18)21-15-11(16)6-9(4-5-19)7-12(15)17/h3-7H,18H2,1-2H3;2-3,5-8H,4,18H2,1H3. The molecule has 0 amide bonds. The molecule has 42 heavy (non-hydrogen) atoms. The lowest BCUT2D eigenvalue weighted by Crippen LogP contribution is -1.98. The Bertz CT molecular complexity index is 1570. The van der Waals surface area contributed by atoms with E-state index < -0.39 is 0 Å². The second-order valence-corrected chi connectivity index (χ2v) is 13.2. The minimum absolute atomic E-state index is 0.0334. The lowest BCUT2D eigenvalue weighted by molar-refractivity contribution is -0.107. The molecule has 4 rings (SSSR count). The van der Waals surface area contributed by atoms with Crippen LogP contribution in [0.3, 0.4) is 0 Å². The first-order valence-corrected chi connectivity index (χ1v) is 16.4. The lowest BCUT2D eigenvalue weighted by Gasteiger charge is -2.13. The number of ketones is 1. The van der Waals surface area contributed by atoms with Gasteiger partial charge in [0.25, 0.3) is 0 Å². The highest BCUT2D eigenvalue weighted by molar-refractivity contribution is 14.1. The van der Waals surface area contributed by atoms with Crippen molar-refractivity contribution in [3.05, 3.63) is 86.1 Å². The van der Waals surface area contributed by atoms with Crippen molar-refractivity contribution in [1.29, 1.82) is 0 Å². The zero-order valence-electron chi connectivity index (χ0n) is 22.7. The Kier molecular flexibility index (Phi) is 13.2. The number of nitrogen functional groups attached to an aromatic ring is 2. The van der Waals surface area contributed by atoms with Crippen LogP contribution in [-0.4, -0.2) is 26.3 Å². The highest BCUT2D eigenvalue weighted by Crippen LogP contribution is 2.36. The number of carbonyl (C=O) groups is 2. The number of Topliss-reactive ketones (excluding diaryl/α,β-unsaturated/α-hetero) is 1. The maximum Gasteiger partial charge on any atom is 0.159 e. The predicted octanol–water partition coefficient (Wildman–Crippen LogP) is 8.50. The molecule has 0 atom stereocenters. The van der Waals surface area contributed by atoms with Crippen molar-refractivity contribution in [2.75, 3.05) is 25.7 Å². The monoisotopic (exact) mass is 1020 g/mol. The van der Waals surface area contributed by atoms with Gasteiger partial charge in [-0.2, -0.15) is 0 Å². The van der Waals surface area contributed by atoms with Crippen molar-refractivity contribution < 1.29 is 28.5 Å². The zero-order valence-corrected chi connectivity index (χ0v) is 31.3. The van der Waals surface area contributed by atoms with E-state index in [2.05, 4.69) is 90.4 Å². The molecule has 0 bridgehead atoms. The average molecular weight is 1020 g/mol. The first-order chi connectivity index (χ1) is 20.0. The number of ether oxygens (including phenoxy) is 4. The molecule has 0 heterocycles. The third-order valence-corrected chi connectivity index (χ3v) is 8.83. The number of halogens is 4. The fraction of sp³-hybridized carbons (Fsp3) is 0.133. The third kappa shape index (κ3) is 9.22. The maximum absolute atomic E-state index is 11.5. The number of nitrogens with two attached hydrogens (primary N) is 2. The molecule has 0 radical (unpaired) electrons. The highest BCUT2D eigenvalue weighted by atomic mass is 127. The van der Waals surface area contributed by atoms with Crippen LogP contribution in [0.1, 0.15) is 22.8 Å². The Morgan fingerprint density at radius 2 is 1.12 bits per heavy atom. The summed E-state index contributed by atoms with van der Waals surface area (Å²) in [6.07, 6.45) is 1.30. The molecule has 12 heteroatoms. The van der Waals surface area contributed by atoms with Gasteiger partial charge in [-0.05, 0) is 151 Å². The summed E-state index contributed by atoms with van der Waals surface area (Å²) in [7, 11) is 3.14. The molecule has 0 saturated carbocycles. The van der Waals surface area contributed by atoms with Crippen molar-refractivity contribution in [1.82, 2.24) is 0 Å². The Labute approximate surface area is 298 Å². The molecule has 8 nitrogen and oxygen atoms in total. The summed E-state index contributed by atoms with van der Waals surface area (Å²) < 4.78 is 25.7. The van der Waals surface area contributed by atoms with Crippen LogP contribution >= 0.6 is 90.4 Å². The van der Waals surface area contributed by atoms with Gasteiger partial charge in [-0.3, -0.25) is 4.79 Å². The van der Waals surface area contributed by atoms with Crippen molar-refractivity contribution in [2.45, 2.75) is 13.3 Å². The molecule has 0 fully saturated rings. The van der Waals surface area contributed by atoms with Gasteiger partial charge in [-0.15, -0.1) is 0 Å². The number of methoxy groups -OCH3 is 2. The summed E-state index contributed by atoms with van der Waals surface area (Å²) in [5.74, 6) is 4.01. The van der Waals surface area contributed by atoms with Gasteiger partial charge in [0.2, 0.25) is 0 Å². The molecule has 0 saturated heterocycles. The number of hydrogen-bond acceptors (Lipinski definition) is 8. The van der Waals surface area contributed by atoms with Gasteiger partial charge in [-0.1, -0.05) is 0 Å². The zero-order chi connectivity index (χ0) is 31.0. The molecule has 220 valence electrons. The van der Waals surface area contributed by atoms with Crippen molar-refractivity contribution in [2.24, 2.45) is 0 Å². The Morgan fingerprint density at radius 1 is 0.714 bits per heavy atom. The summed E-state index contributed by atoms with van der Waals surface area (Å²) in [5, 5.41) is 0. The minimum Gasteiger partial charge on any atom is -0.495 e. The molecule has 0 aromatic heterocycles. The first kappa shape index (κ1) is 34.4. The summed E-state index contributed by atoms with van der Waals surface area (Å²) in [6.45, 7) is 1.55. The predicted molar refractivity (Wildman–Crippen MR) is 198 cm³/mol. The molecule has 0 unspecified atom stereocenters. The molecule has 4 N–H and O–H groups in total. The fourth-order valence-electron chi connectivity index (χ4n) is 3.57. The number of anilines is 2. The molecule has 4 aromatic rings. The van der Waals surface area contributed by atoms with Crippen LogP contribution in [0.25, 0.3) is 0 Å². The normalized spacial score (nSPS) is 10.3. The fourth-order valence-corrected chi connectivity index (χ4v) is 7.68. The van der Waals surface area contributed by atoms with Crippen molar-refractivity contribution >= 4 is 114 Å². The van der Waals surface area contributed by atoms with Gasteiger partial charge < -0.3 is 35.2 Å². The highest BCUT2D eigenvalue weighted by Gasteiger charge is 2.14. The van der Waals surface area contributed by atoms with E-state index in [1.165, 1.54) is 0 Å². The summed E-state index contributed by atoms with van der Waals surface area (Å²) in [5.41, 5.74) is 14.4. The van der Waals surface area contributed by atoms with Crippen LogP contribution in [0.5, 0.6) is 34.5 Å². The SMILES string of the molecule is COc1ccc(Oc2c(I)cc(C(C)=O)cc2I)cc1N.COc1ccc(Oc2c(I)cc(CC=O)cc2I)cc1N. The Balaban J connectivity index is 0.000000230. The smallest absolute Gasteiger partial charge is 0.159 e. The number of benzene rings is 4. The van der Waals surface area contributed by atoms with E-state index in [0.29, 0.717) is 52.1 Å². The molecular weight excluding hydrogens is 992 g/mol.